The number of hydrogen-bond acceptors (Lipinski definition) is 6. The average Bonchev–Trinajstić information content (AvgIpc) is 3.40. The van der Waals surface area contributed by atoms with Crippen LogP contribution < -0.4 is 16.0 Å². The largest absolute Gasteiger partial charge is 0.381 e. The highest BCUT2D eigenvalue weighted by Gasteiger charge is 2.25. The highest BCUT2D eigenvalue weighted by atomic mass is 32.1. The standard InChI is InChI=1S/C23H24N6OS/c1-13-10-25-21-20-16-2-3-17(14-11-26-29(12-14)15-6-8-24-9-7-15)28-18(16)4-5-19(20)31-22(21)23(30)27-13/h2-5,11-13,15,24-25H,6-10H2,1H3,(H,27,30)/t13-/m1/s1. The van der Waals surface area contributed by atoms with Gasteiger partial charge in [-0.1, -0.05) is 0 Å². The summed E-state index contributed by atoms with van der Waals surface area (Å²) in [7, 11) is 0. The van der Waals surface area contributed by atoms with Crippen molar-refractivity contribution in [3.63, 3.8) is 0 Å². The lowest BCUT2D eigenvalue weighted by atomic mass is 10.1. The normalized spacial score (nSPS) is 19.8. The van der Waals surface area contributed by atoms with Gasteiger partial charge in [-0.2, -0.15) is 5.10 Å². The van der Waals surface area contributed by atoms with Gasteiger partial charge in [0.1, 0.15) is 4.88 Å². The molecule has 3 N–H and O–H groups in total. The van der Waals surface area contributed by atoms with Gasteiger partial charge < -0.3 is 16.0 Å². The minimum Gasteiger partial charge on any atom is -0.381 e. The van der Waals surface area contributed by atoms with Gasteiger partial charge in [-0.25, -0.2) is 4.98 Å². The van der Waals surface area contributed by atoms with Crippen LogP contribution in [0.15, 0.2) is 36.7 Å². The van der Waals surface area contributed by atoms with Crippen molar-refractivity contribution in [3.8, 4) is 11.3 Å². The smallest absolute Gasteiger partial charge is 0.263 e. The zero-order chi connectivity index (χ0) is 20.9. The number of pyridine rings is 1. The number of benzene rings is 1. The Kier molecular flexibility index (Phi) is 4.43. The molecule has 0 saturated carbocycles. The zero-order valence-electron chi connectivity index (χ0n) is 17.3. The molecule has 8 heteroatoms. The number of piperidine rings is 1. The molecule has 1 amide bonds. The Balaban J connectivity index is 1.42. The van der Waals surface area contributed by atoms with Gasteiger partial charge in [-0.3, -0.25) is 9.48 Å². The van der Waals surface area contributed by atoms with Crippen LogP contribution in [0.2, 0.25) is 0 Å². The summed E-state index contributed by atoms with van der Waals surface area (Å²) in [5, 5.41) is 16.7. The fourth-order valence-electron chi connectivity index (χ4n) is 4.63. The molecule has 1 aromatic carbocycles. The van der Waals surface area contributed by atoms with Crippen molar-refractivity contribution in [2.45, 2.75) is 31.8 Å². The summed E-state index contributed by atoms with van der Waals surface area (Å²) in [5.41, 5.74) is 3.82. The Morgan fingerprint density at radius 1 is 1.16 bits per heavy atom. The highest BCUT2D eigenvalue weighted by Crippen LogP contribution is 2.41. The van der Waals surface area contributed by atoms with Gasteiger partial charge in [0.05, 0.1) is 29.1 Å². The lowest BCUT2D eigenvalue weighted by Gasteiger charge is -2.22. The average molecular weight is 433 g/mol. The molecule has 4 aromatic rings. The molecule has 0 aliphatic carbocycles. The van der Waals surface area contributed by atoms with E-state index in [0.717, 1.165) is 68.7 Å². The minimum atomic E-state index is -0.00300. The molecule has 2 aliphatic rings. The first-order chi connectivity index (χ1) is 15.2. The third-order valence-electron chi connectivity index (χ3n) is 6.27. The van der Waals surface area contributed by atoms with Gasteiger partial charge in [0.2, 0.25) is 0 Å². The minimum absolute atomic E-state index is 0.00300. The number of rotatable bonds is 2. The third-order valence-corrected chi connectivity index (χ3v) is 7.42. The Hall–Kier alpha value is -2.97. The fraction of sp³-hybridized carbons (Fsp3) is 0.348. The predicted octanol–water partition coefficient (Wildman–Crippen LogP) is 3.78. The molecule has 7 nitrogen and oxygen atoms in total. The van der Waals surface area contributed by atoms with Crippen LogP contribution >= 0.6 is 11.3 Å². The van der Waals surface area contributed by atoms with Crippen LogP contribution in [0, 0.1) is 0 Å². The first-order valence-corrected chi connectivity index (χ1v) is 11.7. The summed E-state index contributed by atoms with van der Waals surface area (Å²) >= 11 is 1.54. The van der Waals surface area contributed by atoms with E-state index >= 15 is 0 Å². The van der Waals surface area contributed by atoms with Crippen LogP contribution in [0.3, 0.4) is 0 Å². The van der Waals surface area contributed by atoms with Crippen LogP contribution in [0.5, 0.6) is 0 Å². The molecule has 1 fully saturated rings. The van der Waals surface area contributed by atoms with E-state index in [1.54, 1.807) is 0 Å². The summed E-state index contributed by atoms with van der Waals surface area (Å²) in [4.78, 5) is 18.3. The molecule has 2 aliphatic heterocycles. The topological polar surface area (TPSA) is 83.9 Å². The molecule has 0 unspecified atom stereocenters. The van der Waals surface area contributed by atoms with E-state index in [-0.39, 0.29) is 11.9 Å². The molecular formula is C23H24N6OS. The van der Waals surface area contributed by atoms with Crippen LogP contribution in [-0.4, -0.2) is 46.3 Å². The second-order valence-electron chi connectivity index (χ2n) is 8.45. The summed E-state index contributed by atoms with van der Waals surface area (Å²) < 4.78 is 3.19. The van der Waals surface area contributed by atoms with Gasteiger partial charge in [0.25, 0.3) is 5.91 Å². The number of thiophene rings is 1. The Morgan fingerprint density at radius 2 is 2.03 bits per heavy atom. The first kappa shape index (κ1) is 18.8. The van der Waals surface area contributed by atoms with Crippen LogP contribution in [0.1, 0.15) is 35.5 Å². The molecule has 31 heavy (non-hydrogen) atoms. The van der Waals surface area contributed by atoms with E-state index in [1.807, 2.05) is 13.1 Å². The number of nitrogens with zero attached hydrogens (tertiary/aromatic N) is 3. The van der Waals surface area contributed by atoms with E-state index in [0.29, 0.717) is 12.6 Å². The second-order valence-corrected chi connectivity index (χ2v) is 9.51. The summed E-state index contributed by atoms with van der Waals surface area (Å²) in [6.07, 6.45) is 6.24. The van der Waals surface area contributed by atoms with Crippen molar-refractivity contribution < 1.29 is 4.79 Å². The molecule has 1 saturated heterocycles. The highest BCUT2D eigenvalue weighted by molar-refractivity contribution is 7.21. The fourth-order valence-corrected chi connectivity index (χ4v) is 5.73. The number of nitrogens with one attached hydrogen (secondary N) is 3. The third kappa shape index (κ3) is 3.18. The number of aromatic nitrogens is 3. The number of carbonyl (C=O) groups is 1. The zero-order valence-corrected chi connectivity index (χ0v) is 18.1. The van der Waals surface area contributed by atoms with Gasteiger partial charge in [-0.15, -0.1) is 11.3 Å². The SMILES string of the molecule is C[C@@H]1CNc2c(sc3ccc4nc(-c5cnn(C6CCNCC6)c5)ccc4c23)C(=O)N1. The van der Waals surface area contributed by atoms with Gasteiger partial charge >= 0.3 is 0 Å². The molecule has 0 radical (unpaired) electrons. The van der Waals surface area contributed by atoms with E-state index < -0.39 is 0 Å². The maximum atomic E-state index is 12.6. The quantitative estimate of drug-likeness (QED) is 0.449. The van der Waals surface area contributed by atoms with Crippen molar-refractivity contribution in [1.29, 1.82) is 0 Å². The molecule has 3 aromatic heterocycles. The van der Waals surface area contributed by atoms with Crippen molar-refractivity contribution >= 4 is 43.9 Å². The number of carbonyl (C=O) groups excluding carboxylic acids is 1. The Morgan fingerprint density at radius 3 is 2.90 bits per heavy atom. The van der Waals surface area contributed by atoms with Crippen LogP contribution in [-0.2, 0) is 0 Å². The molecule has 6 rings (SSSR count). The monoisotopic (exact) mass is 432 g/mol. The maximum absolute atomic E-state index is 12.6. The van der Waals surface area contributed by atoms with E-state index in [4.69, 9.17) is 4.98 Å². The molecule has 5 heterocycles. The molecule has 158 valence electrons. The summed E-state index contributed by atoms with van der Waals surface area (Å²) in [6.45, 7) is 4.81. The number of fused-ring (bicyclic) bond motifs is 5. The maximum Gasteiger partial charge on any atom is 0.263 e. The second kappa shape index (κ2) is 7.32. The van der Waals surface area contributed by atoms with Crippen molar-refractivity contribution in [3.05, 3.63) is 41.5 Å². The number of hydrogen-bond donors (Lipinski definition) is 3. The molecular weight excluding hydrogens is 408 g/mol. The van der Waals surface area contributed by atoms with Crippen molar-refractivity contribution in [2.75, 3.05) is 25.0 Å². The van der Waals surface area contributed by atoms with Crippen molar-refractivity contribution in [1.82, 2.24) is 25.4 Å². The van der Waals surface area contributed by atoms with Gasteiger partial charge in [0, 0.05) is 39.8 Å². The summed E-state index contributed by atoms with van der Waals surface area (Å²) in [6, 6.07) is 8.87. The molecule has 0 spiro atoms. The van der Waals surface area contributed by atoms with E-state index in [1.165, 1.54) is 11.3 Å². The first-order valence-electron chi connectivity index (χ1n) is 10.8. The van der Waals surface area contributed by atoms with Crippen LogP contribution in [0.25, 0.3) is 32.2 Å². The van der Waals surface area contributed by atoms with Crippen LogP contribution in [0.4, 0.5) is 5.69 Å². The number of amides is 1. The Bertz CT molecular complexity index is 1300. The lowest BCUT2D eigenvalue weighted by Crippen LogP contribution is -2.34. The lowest BCUT2D eigenvalue weighted by molar-refractivity contribution is 0.0949. The van der Waals surface area contributed by atoms with Gasteiger partial charge in [0.15, 0.2) is 0 Å². The Labute approximate surface area is 183 Å². The molecule has 1 atom stereocenters. The predicted molar refractivity (Wildman–Crippen MR) is 125 cm³/mol. The van der Waals surface area contributed by atoms with E-state index in [9.17, 15) is 4.79 Å². The summed E-state index contributed by atoms with van der Waals surface area (Å²) in [5.74, 6) is -0.00300. The molecule has 0 bridgehead atoms. The van der Waals surface area contributed by atoms with E-state index in [2.05, 4.69) is 56.2 Å². The van der Waals surface area contributed by atoms with Gasteiger partial charge in [-0.05, 0) is 57.1 Å². The van der Waals surface area contributed by atoms with Crippen molar-refractivity contribution in [2.24, 2.45) is 0 Å². The number of anilines is 1.